The summed E-state index contributed by atoms with van der Waals surface area (Å²) < 4.78 is 7.35. The Bertz CT molecular complexity index is 1480. The molecule has 0 N–H and O–H groups in total. The van der Waals surface area contributed by atoms with Crippen molar-refractivity contribution in [2.45, 2.75) is 26.1 Å². The van der Waals surface area contributed by atoms with Gasteiger partial charge in [-0.2, -0.15) is 0 Å². The van der Waals surface area contributed by atoms with Crippen LogP contribution in [0, 0.1) is 0 Å². The molecule has 198 valence electrons. The number of piperazine rings is 1. The minimum atomic E-state index is 0.103. The van der Waals surface area contributed by atoms with Gasteiger partial charge in [-0.15, -0.1) is 11.3 Å². The van der Waals surface area contributed by atoms with Gasteiger partial charge in [0.25, 0.3) is 5.56 Å². The molecular formula is C29H32ClN5O2S. The Morgan fingerprint density at radius 1 is 0.974 bits per heavy atom. The zero-order valence-electron chi connectivity index (χ0n) is 21.6. The number of benzene rings is 2. The average molecular weight is 550 g/mol. The SMILES string of the molecule is COc1ccccc1N1CCN(CCn2cnc3sc4c(c3c2=O)CCN(Cc2ccc(Cl)cc2)C4)CC1. The summed E-state index contributed by atoms with van der Waals surface area (Å²) in [7, 11) is 1.72. The first kappa shape index (κ1) is 25.4. The fourth-order valence-corrected chi connectivity index (χ4v) is 6.91. The number of aromatic nitrogens is 2. The average Bonchev–Trinajstić information content (AvgIpc) is 3.33. The van der Waals surface area contributed by atoms with Crippen molar-refractivity contribution >= 4 is 38.8 Å². The number of fused-ring (bicyclic) bond motifs is 3. The number of hydrogen-bond donors (Lipinski definition) is 0. The molecule has 2 aliphatic heterocycles. The van der Waals surface area contributed by atoms with E-state index in [1.807, 2.05) is 28.8 Å². The Morgan fingerprint density at radius 2 is 1.76 bits per heavy atom. The van der Waals surface area contributed by atoms with E-state index in [-0.39, 0.29) is 5.56 Å². The third-order valence-corrected chi connectivity index (χ3v) is 9.06. The Hall–Kier alpha value is -2.91. The van der Waals surface area contributed by atoms with Gasteiger partial charge < -0.3 is 9.64 Å². The molecule has 0 spiro atoms. The molecule has 0 aliphatic carbocycles. The zero-order valence-corrected chi connectivity index (χ0v) is 23.2. The van der Waals surface area contributed by atoms with Crippen LogP contribution in [-0.2, 0) is 26.1 Å². The molecule has 0 atom stereocenters. The molecule has 4 aromatic rings. The van der Waals surface area contributed by atoms with Crippen LogP contribution in [0.5, 0.6) is 5.75 Å². The monoisotopic (exact) mass is 549 g/mol. The second kappa shape index (κ2) is 11.1. The molecule has 0 unspecified atom stereocenters. The van der Waals surface area contributed by atoms with Crippen LogP contribution in [0.4, 0.5) is 5.69 Å². The summed E-state index contributed by atoms with van der Waals surface area (Å²) in [6.07, 6.45) is 2.62. The van der Waals surface area contributed by atoms with E-state index in [0.29, 0.717) is 6.54 Å². The zero-order chi connectivity index (χ0) is 26.1. The minimum Gasteiger partial charge on any atom is -0.495 e. The number of nitrogens with zero attached hydrogens (tertiary/aromatic N) is 5. The number of anilines is 1. The van der Waals surface area contributed by atoms with E-state index in [1.165, 1.54) is 16.0 Å². The molecule has 0 bridgehead atoms. The van der Waals surface area contributed by atoms with Gasteiger partial charge in [0, 0.05) is 68.8 Å². The van der Waals surface area contributed by atoms with Crippen LogP contribution >= 0.6 is 22.9 Å². The van der Waals surface area contributed by atoms with Crippen molar-refractivity contribution in [1.29, 1.82) is 0 Å². The molecule has 1 saturated heterocycles. The summed E-state index contributed by atoms with van der Waals surface area (Å²) in [5.74, 6) is 0.916. The lowest BCUT2D eigenvalue weighted by Gasteiger charge is -2.36. The van der Waals surface area contributed by atoms with Gasteiger partial charge in [-0.25, -0.2) is 4.98 Å². The van der Waals surface area contributed by atoms with E-state index in [2.05, 4.69) is 39.0 Å². The predicted octanol–water partition coefficient (Wildman–Crippen LogP) is 4.50. The molecule has 4 heterocycles. The molecule has 2 aromatic heterocycles. The Balaban J connectivity index is 1.10. The van der Waals surface area contributed by atoms with Crippen LogP contribution in [0.3, 0.4) is 0 Å². The maximum absolute atomic E-state index is 13.5. The number of halogens is 1. The fourth-order valence-electron chi connectivity index (χ4n) is 5.57. The number of thiophene rings is 1. The Labute approximate surface area is 231 Å². The standard InChI is InChI=1S/C29H32ClN5O2S/c1-37-25-5-3-2-4-24(25)34-15-12-32(13-16-34)14-17-35-20-31-28-27(29(35)36)23-10-11-33(19-26(23)38-28)18-21-6-8-22(30)9-7-21/h2-9,20H,10-19H2,1H3. The smallest absolute Gasteiger partial charge is 0.262 e. The van der Waals surface area contributed by atoms with Crippen LogP contribution in [0.15, 0.2) is 59.7 Å². The molecule has 38 heavy (non-hydrogen) atoms. The summed E-state index contributed by atoms with van der Waals surface area (Å²) in [6.45, 7) is 7.97. The van der Waals surface area contributed by atoms with Crippen molar-refractivity contribution in [3.8, 4) is 5.75 Å². The van der Waals surface area contributed by atoms with Crippen LogP contribution in [0.2, 0.25) is 5.02 Å². The summed E-state index contributed by atoms with van der Waals surface area (Å²) in [5, 5.41) is 1.59. The van der Waals surface area contributed by atoms with Gasteiger partial charge in [0.05, 0.1) is 24.5 Å². The van der Waals surface area contributed by atoms with Crippen LogP contribution in [0.25, 0.3) is 10.2 Å². The van der Waals surface area contributed by atoms with E-state index in [1.54, 1.807) is 24.8 Å². The molecule has 9 heteroatoms. The van der Waals surface area contributed by atoms with E-state index in [0.717, 1.165) is 85.5 Å². The molecule has 0 radical (unpaired) electrons. The Kier molecular flexibility index (Phi) is 7.39. The predicted molar refractivity (Wildman–Crippen MR) is 155 cm³/mol. The maximum Gasteiger partial charge on any atom is 0.262 e. The Morgan fingerprint density at radius 3 is 2.55 bits per heavy atom. The van der Waals surface area contributed by atoms with Crippen molar-refractivity contribution < 1.29 is 4.74 Å². The molecule has 7 nitrogen and oxygen atoms in total. The summed E-state index contributed by atoms with van der Waals surface area (Å²) in [6, 6.07) is 16.2. The van der Waals surface area contributed by atoms with Gasteiger partial charge in [0.2, 0.25) is 0 Å². The van der Waals surface area contributed by atoms with E-state index >= 15 is 0 Å². The number of para-hydroxylation sites is 2. The van der Waals surface area contributed by atoms with E-state index < -0.39 is 0 Å². The number of hydrogen-bond acceptors (Lipinski definition) is 7. The lowest BCUT2D eigenvalue weighted by molar-refractivity contribution is 0.246. The molecule has 6 rings (SSSR count). The van der Waals surface area contributed by atoms with Gasteiger partial charge in [0.15, 0.2) is 0 Å². The topological polar surface area (TPSA) is 53.8 Å². The van der Waals surface area contributed by atoms with Crippen molar-refractivity contribution in [3.63, 3.8) is 0 Å². The van der Waals surface area contributed by atoms with Crippen molar-refractivity contribution in [1.82, 2.24) is 19.4 Å². The highest BCUT2D eigenvalue weighted by Crippen LogP contribution is 2.33. The summed E-state index contributed by atoms with van der Waals surface area (Å²) >= 11 is 7.71. The second-order valence-corrected chi connectivity index (χ2v) is 11.5. The molecule has 2 aliphatic rings. The van der Waals surface area contributed by atoms with Gasteiger partial charge in [-0.3, -0.25) is 19.2 Å². The summed E-state index contributed by atoms with van der Waals surface area (Å²) in [5.41, 5.74) is 3.71. The van der Waals surface area contributed by atoms with Gasteiger partial charge in [-0.05, 0) is 41.8 Å². The highest BCUT2D eigenvalue weighted by molar-refractivity contribution is 7.18. The number of methoxy groups -OCH3 is 1. The molecule has 1 fully saturated rings. The van der Waals surface area contributed by atoms with Gasteiger partial charge >= 0.3 is 0 Å². The highest BCUT2D eigenvalue weighted by atomic mass is 35.5. The van der Waals surface area contributed by atoms with Gasteiger partial charge in [-0.1, -0.05) is 35.9 Å². The van der Waals surface area contributed by atoms with Crippen molar-refractivity contribution in [2.24, 2.45) is 0 Å². The molecule has 0 saturated carbocycles. The first-order valence-corrected chi connectivity index (χ1v) is 14.4. The fraction of sp³-hybridized carbons (Fsp3) is 0.379. The normalized spacial score (nSPS) is 16.6. The summed E-state index contributed by atoms with van der Waals surface area (Å²) in [4.78, 5) is 27.6. The quantitative estimate of drug-likeness (QED) is 0.338. The number of rotatable bonds is 7. The molecule has 2 aromatic carbocycles. The first-order chi connectivity index (χ1) is 18.6. The largest absolute Gasteiger partial charge is 0.495 e. The van der Waals surface area contributed by atoms with Crippen LogP contribution in [-0.4, -0.2) is 65.7 Å². The molecule has 0 amide bonds. The van der Waals surface area contributed by atoms with Crippen molar-refractivity contribution in [2.75, 3.05) is 51.3 Å². The van der Waals surface area contributed by atoms with E-state index in [9.17, 15) is 4.79 Å². The lowest BCUT2D eigenvalue weighted by Crippen LogP contribution is -2.47. The third kappa shape index (κ3) is 5.18. The first-order valence-electron chi connectivity index (χ1n) is 13.2. The highest BCUT2D eigenvalue weighted by Gasteiger charge is 2.24. The van der Waals surface area contributed by atoms with Gasteiger partial charge in [0.1, 0.15) is 10.6 Å². The maximum atomic E-state index is 13.5. The second-order valence-electron chi connectivity index (χ2n) is 10.0. The lowest BCUT2D eigenvalue weighted by atomic mass is 10.0. The molecular weight excluding hydrogens is 518 g/mol. The van der Waals surface area contributed by atoms with Crippen LogP contribution < -0.4 is 15.2 Å². The van der Waals surface area contributed by atoms with Crippen LogP contribution in [0.1, 0.15) is 16.0 Å². The number of ether oxygens (including phenoxy) is 1. The minimum absolute atomic E-state index is 0.103. The third-order valence-electron chi connectivity index (χ3n) is 7.68. The van der Waals surface area contributed by atoms with Crippen molar-refractivity contribution in [3.05, 3.63) is 86.2 Å². The van der Waals surface area contributed by atoms with E-state index in [4.69, 9.17) is 21.3 Å².